The van der Waals surface area contributed by atoms with Gasteiger partial charge in [0.25, 0.3) is 0 Å². The van der Waals surface area contributed by atoms with E-state index in [-0.39, 0.29) is 5.91 Å². The molecule has 0 saturated carbocycles. The second-order valence-corrected chi connectivity index (χ2v) is 6.04. The van der Waals surface area contributed by atoms with Gasteiger partial charge < -0.3 is 9.64 Å². The zero-order valence-electron chi connectivity index (χ0n) is 13.6. The molecule has 2 rings (SSSR count). The van der Waals surface area contributed by atoms with Gasteiger partial charge in [-0.25, -0.2) is 0 Å². The number of carbonyl (C=O) groups excluding carboxylic acids is 1. The van der Waals surface area contributed by atoms with Crippen molar-refractivity contribution < 1.29 is 9.53 Å². The van der Waals surface area contributed by atoms with Gasteiger partial charge in [0.1, 0.15) is 12.4 Å². The Bertz CT molecular complexity index is 640. The Kier molecular flexibility index (Phi) is 6.48. The van der Waals surface area contributed by atoms with Crippen LogP contribution >= 0.6 is 11.6 Å². The third-order valence-corrected chi connectivity index (χ3v) is 3.90. The first-order valence-electron chi connectivity index (χ1n) is 7.72. The summed E-state index contributed by atoms with van der Waals surface area (Å²) >= 11 is 5.85. The first kappa shape index (κ1) is 17.4. The minimum Gasteiger partial charge on any atom is -0.492 e. The van der Waals surface area contributed by atoms with Crippen LogP contribution < -0.4 is 4.74 Å². The number of hydrogen-bond acceptors (Lipinski definition) is 2. The van der Waals surface area contributed by atoms with E-state index in [1.807, 2.05) is 62.5 Å². The number of hydrogen-bond donors (Lipinski definition) is 0. The number of ether oxygens (including phenoxy) is 1. The van der Waals surface area contributed by atoms with Crippen LogP contribution in [0, 0.1) is 6.92 Å². The molecule has 0 aromatic heterocycles. The molecule has 0 spiro atoms. The molecule has 0 atom stereocenters. The third kappa shape index (κ3) is 5.95. The number of likely N-dealkylation sites (N-methyl/N-ethyl adjacent to an activating group) is 1. The Hall–Kier alpha value is -2.00. The maximum Gasteiger partial charge on any atom is 0.222 e. The number of halogens is 1. The molecular formula is C19H22ClNO2. The first-order valence-corrected chi connectivity index (χ1v) is 8.10. The van der Waals surface area contributed by atoms with Crippen molar-refractivity contribution in [1.82, 2.24) is 4.90 Å². The molecule has 23 heavy (non-hydrogen) atoms. The number of amides is 1. The molecule has 122 valence electrons. The van der Waals surface area contributed by atoms with Crippen molar-refractivity contribution in [2.45, 2.75) is 19.8 Å². The fourth-order valence-electron chi connectivity index (χ4n) is 2.22. The zero-order valence-corrected chi connectivity index (χ0v) is 14.3. The maximum absolute atomic E-state index is 12.1. The van der Waals surface area contributed by atoms with E-state index in [1.165, 1.54) is 0 Å². The minimum absolute atomic E-state index is 0.118. The first-order chi connectivity index (χ1) is 11.0. The third-order valence-electron chi connectivity index (χ3n) is 3.65. The van der Waals surface area contributed by atoms with Crippen LogP contribution in [-0.4, -0.2) is 31.0 Å². The minimum atomic E-state index is 0.118. The summed E-state index contributed by atoms with van der Waals surface area (Å²) in [6.45, 7) is 3.10. The molecule has 0 N–H and O–H groups in total. The molecule has 0 fully saturated rings. The van der Waals surface area contributed by atoms with Crippen LogP contribution in [0.1, 0.15) is 17.5 Å². The molecule has 0 saturated heterocycles. The Morgan fingerprint density at radius 2 is 1.91 bits per heavy atom. The van der Waals surface area contributed by atoms with Crippen LogP contribution in [0.25, 0.3) is 0 Å². The van der Waals surface area contributed by atoms with Crippen LogP contribution in [0.5, 0.6) is 5.75 Å². The van der Waals surface area contributed by atoms with Gasteiger partial charge in [-0.05, 0) is 48.7 Å². The number of carbonyl (C=O) groups is 1. The number of nitrogens with zero attached hydrogens (tertiary/aromatic N) is 1. The number of aryl methyl sites for hydroxylation is 2. The van der Waals surface area contributed by atoms with Crippen molar-refractivity contribution in [2.24, 2.45) is 0 Å². The lowest BCUT2D eigenvalue weighted by Crippen LogP contribution is -2.31. The van der Waals surface area contributed by atoms with E-state index in [9.17, 15) is 4.79 Å². The summed E-state index contributed by atoms with van der Waals surface area (Å²) in [5.74, 6) is 0.958. The molecule has 0 bridgehead atoms. The maximum atomic E-state index is 12.1. The van der Waals surface area contributed by atoms with E-state index in [0.29, 0.717) is 24.6 Å². The van der Waals surface area contributed by atoms with E-state index in [1.54, 1.807) is 4.90 Å². The second kappa shape index (κ2) is 8.59. The summed E-state index contributed by atoms with van der Waals surface area (Å²) in [7, 11) is 1.81. The topological polar surface area (TPSA) is 29.5 Å². The highest BCUT2D eigenvalue weighted by Gasteiger charge is 2.09. The van der Waals surface area contributed by atoms with Gasteiger partial charge >= 0.3 is 0 Å². The second-order valence-electron chi connectivity index (χ2n) is 5.61. The van der Waals surface area contributed by atoms with Gasteiger partial charge in [0.05, 0.1) is 6.54 Å². The largest absolute Gasteiger partial charge is 0.492 e. The lowest BCUT2D eigenvalue weighted by Gasteiger charge is -2.17. The Labute approximate surface area is 142 Å². The molecule has 0 aliphatic carbocycles. The SMILES string of the molecule is Cc1cccc(OCCN(C)C(=O)CCc2ccc(Cl)cc2)c1. The van der Waals surface area contributed by atoms with Crippen LogP contribution in [0.4, 0.5) is 0 Å². The van der Waals surface area contributed by atoms with Crippen molar-refractivity contribution in [3.8, 4) is 5.75 Å². The Morgan fingerprint density at radius 1 is 1.17 bits per heavy atom. The summed E-state index contributed by atoms with van der Waals surface area (Å²) in [4.78, 5) is 13.8. The van der Waals surface area contributed by atoms with E-state index < -0.39 is 0 Å². The lowest BCUT2D eigenvalue weighted by molar-refractivity contribution is -0.130. The predicted octanol–water partition coefficient (Wildman–Crippen LogP) is 4.12. The van der Waals surface area contributed by atoms with Gasteiger partial charge in [-0.1, -0.05) is 35.9 Å². The molecule has 2 aromatic carbocycles. The molecule has 0 aliphatic rings. The monoisotopic (exact) mass is 331 g/mol. The smallest absolute Gasteiger partial charge is 0.222 e. The number of benzene rings is 2. The molecule has 4 heteroatoms. The van der Waals surface area contributed by atoms with Crippen LogP contribution in [0.2, 0.25) is 5.02 Å². The van der Waals surface area contributed by atoms with Gasteiger partial charge in [0.15, 0.2) is 0 Å². The summed E-state index contributed by atoms with van der Waals surface area (Å²) in [5, 5.41) is 0.713. The van der Waals surface area contributed by atoms with Crippen molar-refractivity contribution in [3.63, 3.8) is 0 Å². The standard InChI is InChI=1S/C19H22ClNO2/c1-15-4-3-5-18(14-15)23-13-12-21(2)19(22)11-8-16-6-9-17(20)10-7-16/h3-7,9-10,14H,8,11-13H2,1-2H3. The highest BCUT2D eigenvalue weighted by Crippen LogP contribution is 2.13. The van der Waals surface area contributed by atoms with Gasteiger partial charge in [0, 0.05) is 18.5 Å². The van der Waals surface area contributed by atoms with Gasteiger partial charge in [-0.2, -0.15) is 0 Å². The van der Waals surface area contributed by atoms with Gasteiger partial charge in [0.2, 0.25) is 5.91 Å². The molecular weight excluding hydrogens is 310 g/mol. The van der Waals surface area contributed by atoms with E-state index in [4.69, 9.17) is 16.3 Å². The average molecular weight is 332 g/mol. The van der Waals surface area contributed by atoms with Crippen molar-refractivity contribution >= 4 is 17.5 Å². The quantitative estimate of drug-likeness (QED) is 0.764. The summed E-state index contributed by atoms with van der Waals surface area (Å²) in [5.41, 5.74) is 2.28. The normalized spacial score (nSPS) is 10.4. The Balaban J connectivity index is 1.71. The molecule has 2 aromatic rings. The predicted molar refractivity (Wildman–Crippen MR) is 94.1 cm³/mol. The fraction of sp³-hybridized carbons (Fsp3) is 0.316. The van der Waals surface area contributed by atoms with Crippen molar-refractivity contribution in [1.29, 1.82) is 0 Å². The lowest BCUT2D eigenvalue weighted by atomic mass is 10.1. The highest BCUT2D eigenvalue weighted by atomic mass is 35.5. The molecule has 0 aliphatic heterocycles. The van der Waals surface area contributed by atoms with E-state index >= 15 is 0 Å². The van der Waals surface area contributed by atoms with Crippen LogP contribution in [-0.2, 0) is 11.2 Å². The molecule has 1 amide bonds. The van der Waals surface area contributed by atoms with Crippen LogP contribution in [0.15, 0.2) is 48.5 Å². The highest BCUT2D eigenvalue weighted by molar-refractivity contribution is 6.30. The molecule has 0 radical (unpaired) electrons. The van der Waals surface area contributed by atoms with E-state index in [2.05, 4.69) is 0 Å². The molecule has 0 heterocycles. The fourth-order valence-corrected chi connectivity index (χ4v) is 2.35. The average Bonchev–Trinajstić information content (AvgIpc) is 2.54. The van der Waals surface area contributed by atoms with Crippen molar-refractivity contribution in [3.05, 3.63) is 64.7 Å². The number of rotatable bonds is 7. The summed E-state index contributed by atoms with van der Waals surface area (Å²) in [6.07, 6.45) is 1.21. The molecule has 3 nitrogen and oxygen atoms in total. The van der Waals surface area contributed by atoms with Crippen LogP contribution in [0.3, 0.4) is 0 Å². The molecule has 0 unspecified atom stereocenters. The Morgan fingerprint density at radius 3 is 2.61 bits per heavy atom. The zero-order chi connectivity index (χ0) is 16.7. The summed E-state index contributed by atoms with van der Waals surface area (Å²) in [6, 6.07) is 15.5. The van der Waals surface area contributed by atoms with E-state index in [0.717, 1.165) is 23.3 Å². The van der Waals surface area contributed by atoms with Gasteiger partial charge in [-0.15, -0.1) is 0 Å². The summed E-state index contributed by atoms with van der Waals surface area (Å²) < 4.78 is 5.68. The van der Waals surface area contributed by atoms with Gasteiger partial charge in [-0.3, -0.25) is 4.79 Å². The van der Waals surface area contributed by atoms with Crippen molar-refractivity contribution in [2.75, 3.05) is 20.2 Å².